The van der Waals surface area contributed by atoms with Gasteiger partial charge in [0.2, 0.25) is 27.7 Å². The number of aliphatic hydroxyl groups excluding tert-OH is 5. The number of aromatic nitrogens is 10. The van der Waals surface area contributed by atoms with E-state index in [0.29, 0.717) is 81.9 Å². The molecule has 132 heavy (non-hydrogen) atoms. The lowest BCUT2D eigenvalue weighted by Gasteiger charge is -2.36. The molecule has 8 N–H and O–H groups in total. The SMILES string of the molecule is CC(=O)N1CCCC(C(O)c2c(C3CC3)ccn3cncc23)C1.CC(C)(C)OC(=O)NCC(=O)N1CCCC(C(O)c2c(C3CC3)ccn3cncc23)C1.CS(=O)(=O)N1CCCC(C(O)c2c(C3CC3)ccn3cncc23)C1.NCC(=O)N1CCCC(C(O)c2c(C3CC3)ccn3cncc23)C1.O=C(OCc1ccccc1)N1CCCC(C(O)c2c(C3CC3)ccn3cncc23)C1. The zero-order valence-electron chi connectivity index (χ0n) is 76.5. The van der Waals surface area contributed by atoms with Crippen molar-refractivity contribution >= 4 is 67.5 Å². The van der Waals surface area contributed by atoms with Crippen LogP contribution in [0.3, 0.4) is 0 Å². The predicted molar refractivity (Wildman–Crippen MR) is 498 cm³/mol. The zero-order valence-corrected chi connectivity index (χ0v) is 77.3. The first-order valence-electron chi connectivity index (χ1n) is 47.7. The largest absolute Gasteiger partial charge is 0.445 e. The molecule has 21 rings (SSSR count). The van der Waals surface area contributed by atoms with E-state index >= 15 is 0 Å². The van der Waals surface area contributed by atoms with Crippen molar-refractivity contribution in [3.05, 3.63) is 215 Å². The number of hydrogen-bond acceptors (Lipinski definition) is 20. The number of amides is 5. The molecule has 0 spiro atoms. The summed E-state index contributed by atoms with van der Waals surface area (Å²) < 4.78 is 45.8. The fraction of sp³-hybridized carbons (Fsp3) is 0.540. The molecule has 5 aliphatic heterocycles. The molecule has 1 aromatic carbocycles. The van der Waals surface area contributed by atoms with Gasteiger partial charge in [0.05, 0.1) is 134 Å². The highest BCUT2D eigenvalue weighted by molar-refractivity contribution is 7.88. The van der Waals surface area contributed by atoms with Gasteiger partial charge in [-0.2, -0.15) is 0 Å². The molecular weight excluding hydrogens is 1700 g/mol. The molecule has 0 radical (unpaired) electrons. The third-order valence-electron chi connectivity index (χ3n) is 28.4. The van der Waals surface area contributed by atoms with Crippen LogP contribution in [0.15, 0.2) is 154 Å². The number of aliphatic hydroxyl groups is 5. The number of nitrogens with zero attached hydrogens (tertiary/aromatic N) is 15. The Morgan fingerprint density at radius 1 is 0.424 bits per heavy atom. The molecule has 11 aromatic rings. The smallest absolute Gasteiger partial charge is 0.410 e. The van der Waals surface area contributed by atoms with Crippen LogP contribution in [0.2, 0.25) is 0 Å². The van der Waals surface area contributed by atoms with Gasteiger partial charge in [-0.15, -0.1) is 0 Å². The van der Waals surface area contributed by atoms with Crippen molar-refractivity contribution in [1.29, 1.82) is 0 Å². The minimum absolute atomic E-state index is 0.0124. The summed E-state index contributed by atoms with van der Waals surface area (Å²) in [6.45, 7) is 13.1. The highest BCUT2D eigenvalue weighted by Gasteiger charge is 2.43. The summed E-state index contributed by atoms with van der Waals surface area (Å²) in [6.07, 6.45) is 45.9. The van der Waals surface area contributed by atoms with Crippen LogP contribution in [-0.4, -0.2) is 225 Å². The standard InChI is InChI=1S/C24H27N3O3.C23H32N4O4.C18H24N4O2.C18H23N3O2.C17H23N3O3S/c28-23(22-20(18-8-9-18)10-12-27-16-25-13-21(22)27)19-7-4-11-26(14-19)24(29)30-15-17-5-2-1-3-6-17;1-23(2,3)31-22(30)25-12-19(28)26-9-4-5-16(13-26)21(29)20-17(15-6-7-15)8-10-27-14-24-11-18(20)27;19-8-16(23)21-6-1-2-13(10-21)18(24)17-14(12-3-4-12)5-7-22-11-20-9-15(17)22;1-12(22)20-7-2-3-14(10-20)18(23)17-15(13-4-5-13)6-8-21-11-19-9-16(17)21;1-24(22,23)20-7-2-3-13(10-20)17(21)16-14(12-4-5-12)6-8-19-11-18-9-15(16)19/h1-3,5-6,10,12-13,16,18-19,23,28H,4,7-9,11,14-15H2;8,10-11,14-16,21,29H,4-7,9,12-13H2,1-3H3,(H,25,30);5,7,9,11-13,18,24H,1-4,6,8,10,19H2;6,8-9,11,13-14,18,23H,2-5,7,10H2,1H3;6,8-9,11-13,17,21H,2-5,7,10H2,1H3. The van der Waals surface area contributed by atoms with Gasteiger partial charge in [0.25, 0.3) is 0 Å². The van der Waals surface area contributed by atoms with Crippen LogP contribution >= 0.6 is 0 Å². The Kier molecular flexibility index (Phi) is 28.7. The topological polar surface area (TPSA) is 380 Å². The van der Waals surface area contributed by atoms with Gasteiger partial charge in [0.15, 0.2) is 0 Å². The van der Waals surface area contributed by atoms with Crippen LogP contribution in [0, 0.1) is 29.6 Å². The number of pyridine rings is 5. The number of likely N-dealkylation sites (tertiary alicyclic amines) is 4. The van der Waals surface area contributed by atoms with E-state index in [1.807, 2.05) is 107 Å². The normalized spacial score (nSPS) is 22.0. The Balaban J connectivity index is 0.000000116. The number of nitrogens with two attached hydrogens (primary N) is 1. The van der Waals surface area contributed by atoms with Crippen LogP contribution in [0.25, 0.3) is 27.6 Å². The average Bonchev–Trinajstić information content (AvgIpc) is 1.83. The summed E-state index contributed by atoms with van der Waals surface area (Å²) in [5.41, 5.74) is 21.8. The Labute approximate surface area is 770 Å². The number of hydrogen-bond donors (Lipinski definition) is 7. The van der Waals surface area contributed by atoms with Crippen molar-refractivity contribution in [2.24, 2.45) is 35.3 Å². The second-order valence-corrected chi connectivity index (χ2v) is 41.3. The Hall–Kier alpha value is -10.7. The summed E-state index contributed by atoms with van der Waals surface area (Å²) in [4.78, 5) is 89.2. The first-order chi connectivity index (χ1) is 63.7. The minimum Gasteiger partial charge on any atom is -0.445 e. The summed E-state index contributed by atoms with van der Waals surface area (Å²) in [7, 11) is -3.22. The molecule has 5 amide bonds. The summed E-state index contributed by atoms with van der Waals surface area (Å²) >= 11 is 0. The van der Waals surface area contributed by atoms with Crippen molar-refractivity contribution in [2.45, 2.75) is 228 Å². The molecular formula is C100H129N17O14S. The molecule has 15 heterocycles. The number of alkyl carbamates (subject to hydrolysis) is 1. The number of rotatable bonds is 21. The van der Waals surface area contributed by atoms with Crippen LogP contribution in [-0.2, 0) is 40.5 Å². The predicted octanol–water partition coefficient (Wildman–Crippen LogP) is 13.2. The molecule has 32 heteroatoms. The third kappa shape index (κ3) is 21.9. The molecule has 704 valence electrons. The van der Waals surface area contributed by atoms with Gasteiger partial charge >= 0.3 is 12.2 Å². The average molecular weight is 1830 g/mol. The fourth-order valence-electron chi connectivity index (χ4n) is 20.7. The van der Waals surface area contributed by atoms with Gasteiger partial charge in [-0.3, -0.25) is 14.4 Å². The maximum absolute atomic E-state index is 12.7. The van der Waals surface area contributed by atoms with Crippen molar-refractivity contribution in [2.75, 3.05) is 84.8 Å². The number of sulfonamides is 1. The Morgan fingerprint density at radius 2 is 0.727 bits per heavy atom. The monoisotopic (exact) mass is 1820 g/mol. The zero-order chi connectivity index (χ0) is 92.2. The lowest BCUT2D eigenvalue weighted by molar-refractivity contribution is -0.133. The molecule has 10 atom stereocenters. The van der Waals surface area contributed by atoms with Gasteiger partial charge in [-0.05, 0) is 242 Å². The molecule has 10 aliphatic rings. The second-order valence-electron chi connectivity index (χ2n) is 39.3. The van der Waals surface area contributed by atoms with E-state index < -0.39 is 52.2 Å². The molecule has 10 fully saturated rings. The molecule has 5 saturated carbocycles. The molecule has 10 aromatic heterocycles. The number of imidazole rings is 5. The van der Waals surface area contributed by atoms with Gasteiger partial charge < -0.3 is 87.7 Å². The van der Waals surface area contributed by atoms with Crippen molar-refractivity contribution in [1.82, 2.24) is 76.1 Å². The fourth-order valence-corrected chi connectivity index (χ4v) is 21.6. The summed E-state index contributed by atoms with van der Waals surface area (Å²) in [5.74, 6) is 2.60. The second kappa shape index (κ2) is 40.6. The Bertz CT molecular complexity index is 6010. The van der Waals surface area contributed by atoms with Crippen LogP contribution < -0.4 is 11.1 Å². The van der Waals surface area contributed by atoms with Crippen molar-refractivity contribution < 1.29 is 67.4 Å². The third-order valence-corrected chi connectivity index (χ3v) is 29.7. The van der Waals surface area contributed by atoms with E-state index in [9.17, 15) is 57.9 Å². The van der Waals surface area contributed by atoms with E-state index in [4.69, 9.17) is 15.2 Å². The molecule has 5 saturated heterocycles. The Morgan fingerprint density at radius 3 is 1.05 bits per heavy atom. The summed E-state index contributed by atoms with van der Waals surface area (Å²) in [6, 6.07) is 20.3. The first-order valence-corrected chi connectivity index (χ1v) is 49.6. The highest BCUT2D eigenvalue weighted by atomic mass is 32.2. The minimum atomic E-state index is -3.22. The maximum atomic E-state index is 12.7. The summed E-state index contributed by atoms with van der Waals surface area (Å²) in [5, 5.41) is 58.8. The van der Waals surface area contributed by atoms with E-state index in [2.05, 4.69) is 60.6 Å². The van der Waals surface area contributed by atoms with Crippen LogP contribution in [0.1, 0.15) is 277 Å². The number of ether oxygens (including phenoxy) is 2. The number of piperidine rings is 5. The molecule has 10 unspecified atom stereocenters. The molecule has 0 bridgehead atoms. The van der Waals surface area contributed by atoms with Gasteiger partial charge in [0.1, 0.15) is 18.8 Å². The molecule has 5 aliphatic carbocycles. The number of nitrogens with one attached hydrogen (secondary N) is 1. The van der Waals surface area contributed by atoms with E-state index in [1.54, 1.807) is 86.4 Å². The van der Waals surface area contributed by atoms with Crippen molar-refractivity contribution in [3.63, 3.8) is 0 Å². The number of carbonyl (C=O) groups is 5. The van der Waals surface area contributed by atoms with Gasteiger partial charge in [-0.25, -0.2) is 47.2 Å². The van der Waals surface area contributed by atoms with Gasteiger partial charge in [-0.1, -0.05) is 30.3 Å². The first kappa shape index (κ1) is 93.1. The van der Waals surface area contributed by atoms with Crippen LogP contribution in [0.4, 0.5) is 9.59 Å². The molecule has 31 nitrogen and oxygen atoms in total. The van der Waals surface area contributed by atoms with Crippen molar-refractivity contribution in [3.8, 4) is 0 Å². The lowest BCUT2D eigenvalue weighted by Crippen LogP contribution is -2.46. The van der Waals surface area contributed by atoms with E-state index in [-0.39, 0.29) is 73.1 Å². The van der Waals surface area contributed by atoms with E-state index in [0.717, 1.165) is 164 Å². The quantitative estimate of drug-likeness (QED) is 0.0351. The van der Waals surface area contributed by atoms with Gasteiger partial charge in [0, 0.05) is 161 Å². The number of benzene rings is 1. The number of carbonyl (C=O) groups excluding carboxylic acids is 5. The maximum Gasteiger partial charge on any atom is 0.410 e. The number of fused-ring (bicyclic) bond motifs is 5. The highest BCUT2D eigenvalue weighted by Crippen LogP contribution is 2.52. The van der Waals surface area contributed by atoms with Crippen LogP contribution in [0.5, 0.6) is 0 Å². The van der Waals surface area contributed by atoms with E-state index in [1.165, 1.54) is 76.9 Å². The lowest BCUT2D eigenvalue weighted by atomic mass is 9.85.